The lowest BCUT2D eigenvalue weighted by atomic mass is 10.1. The Morgan fingerprint density at radius 1 is 1.25 bits per heavy atom. The Morgan fingerprint density at radius 2 is 2.00 bits per heavy atom. The van der Waals surface area contributed by atoms with Crippen LogP contribution in [0.1, 0.15) is 43.7 Å². The van der Waals surface area contributed by atoms with Crippen LogP contribution < -0.4 is 4.90 Å². The number of rotatable bonds is 2. The third-order valence-corrected chi connectivity index (χ3v) is 3.63. The Hall–Kier alpha value is -0.900. The maximum Gasteiger partial charge on any atom is 0.204 e. The Balaban J connectivity index is 1.89. The second-order valence-corrected chi connectivity index (χ2v) is 5.24. The van der Waals surface area contributed by atoms with E-state index < -0.39 is 0 Å². The lowest BCUT2D eigenvalue weighted by molar-refractivity contribution is 0.567. The second kappa shape index (κ2) is 4.17. The molecule has 86 valence electrons. The third kappa shape index (κ3) is 2.12. The summed E-state index contributed by atoms with van der Waals surface area (Å²) in [5.41, 5.74) is 1.29. The molecular formula is C12H17N3S. The summed E-state index contributed by atoms with van der Waals surface area (Å²) >= 11 is 5.25. The molecule has 0 bridgehead atoms. The van der Waals surface area contributed by atoms with Crippen molar-refractivity contribution in [2.45, 2.75) is 38.0 Å². The van der Waals surface area contributed by atoms with Gasteiger partial charge in [-0.2, -0.15) is 0 Å². The van der Waals surface area contributed by atoms with Crippen molar-refractivity contribution in [2.24, 2.45) is 0 Å². The van der Waals surface area contributed by atoms with Crippen LogP contribution in [-0.2, 0) is 0 Å². The third-order valence-electron chi connectivity index (χ3n) is 3.42. The molecule has 2 heterocycles. The molecule has 0 spiro atoms. The van der Waals surface area contributed by atoms with Crippen molar-refractivity contribution in [1.29, 1.82) is 0 Å². The van der Waals surface area contributed by atoms with Crippen LogP contribution in [0, 0.1) is 4.64 Å². The molecule has 1 aliphatic carbocycles. The van der Waals surface area contributed by atoms with Gasteiger partial charge in [-0.05, 0) is 44.1 Å². The van der Waals surface area contributed by atoms with E-state index in [-0.39, 0.29) is 0 Å². The molecule has 0 radical (unpaired) electrons. The minimum atomic E-state index is 0.716. The smallest absolute Gasteiger partial charge is 0.204 e. The number of aromatic amines is 1. The standard InChI is InChI=1S/C12H17N3S/c16-11-8-10(9-4-5-9)13-12(14-11)15-6-2-1-3-7-15/h8-9H,1-7H2,(H,13,14,16). The highest BCUT2D eigenvalue weighted by Crippen LogP contribution is 2.39. The van der Waals surface area contributed by atoms with E-state index in [1.165, 1.54) is 37.8 Å². The monoisotopic (exact) mass is 235 g/mol. The van der Waals surface area contributed by atoms with Gasteiger partial charge in [-0.1, -0.05) is 12.2 Å². The highest BCUT2D eigenvalue weighted by Gasteiger charge is 2.25. The summed E-state index contributed by atoms with van der Waals surface area (Å²) in [5, 5.41) is 0. The molecule has 0 aromatic carbocycles. The van der Waals surface area contributed by atoms with Gasteiger partial charge in [0, 0.05) is 18.8 Å². The zero-order chi connectivity index (χ0) is 11.0. The number of nitrogens with zero attached hydrogens (tertiary/aromatic N) is 2. The molecule has 3 rings (SSSR count). The molecule has 16 heavy (non-hydrogen) atoms. The molecule has 0 unspecified atom stereocenters. The van der Waals surface area contributed by atoms with E-state index in [1.807, 2.05) is 6.07 Å². The molecule has 1 aromatic heterocycles. The van der Waals surface area contributed by atoms with Gasteiger partial charge in [0.15, 0.2) is 0 Å². The van der Waals surface area contributed by atoms with E-state index in [4.69, 9.17) is 12.2 Å². The highest BCUT2D eigenvalue weighted by atomic mass is 32.1. The summed E-state index contributed by atoms with van der Waals surface area (Å²) in [4.78, 5) is 10.3. The van der Waals surface area contributed by atoms with Crippen LogP contribution in [0.5, 0.6) is 0 Å². The Kier molecular flexibility index (Phi) is 2.67. The number of hydrogen-bond donors (Lipinski definition) is 1. The molecule has 1 aliphatic heterocycles. The molecule has 1 aromatic rings. The minimum absolute atomic E-state index is 0.716. The summed E-state index contributed by atoms with van der Waals surface area (Å²) in [6, 6.07) is 2.03. The van der Waals surface area contributed by atoms with Gasteiger partial charge in [-0.25, -0.2) is 4.98 Å². The number of aromatic nitrogens is 2. The number of H-pyrrole nitrogens is 1. The van der Waals surface area contributed by atoms with Crippen LogP contribution in [0.4, 0.5) is 5.95 Å². The molecule has 1 saturated heterocycles. The van der Waals surface area contributed by atoms with Crippen molar-refractivity contribution in [3.63, 3.8) is 0 Å². The van der Waals surface area contributed by atoms with Crippen LogP contribution in [0.3, 0.4) is 0 Å². The van der Waals surface area contributed by atoms with Crippen molar-refractivity contribution in [3.8, 4) is 0 Å². The fraction of sp³-hybridized carbons (Fsp3) is 0.667. The van der Waals surface area contributed by atoms with Crippen molar-refractivity contribution in [2.75, 3.05) is 18.0 Å². The van der Waals surface area contributed by atoms with Gasteiger partial charge in [0.25, 0.3) is 0 Å². The molecule has 0 amide bonds. The van der Waals surface area contributed by atoms with E-state index in [9.17, 15) is 0 Å². The van der Waals surface area contributed by atoms with Gasteiger partial charge in [-0.3, -0.25) is 0 Å². The first kappa shape index (κ1) is 10.3. The van der Waals surface area contributed by atoms with E-state index >= 15 is 0 Å². The van der Waals surface area contributed by atoms with E-state index in [0.29, 0.717) is 5.92 Å². The maximum atomic E-state index is 5.25. The van der Waals surface area contributed by atoms with Gasteiger partial charge < -0.3 is 9.88 Å². The molecule has 4 heteroatoms. The summed E-state index contributed by atoms with van der Waals surface area (Å²) in [6.07, 6.45) is 6.49. The van der Waals surface area contributed by atoms with E-state index in [2.05, 4.69) is 14.9 Å². The van der Waals surface area contributed by atoms with Crippen molar-refractivity contribution < 1.29 is 0 Å². The van der Waals surface area contributed by atoms with Crippen LogP contribution in [0.2, 0.25) is 0 Å². The average molecular weight is 235 g/mol. The van der Waals surface area contributed by atoms with Gasteiger partial charge in [0.2, 0.25) is 5.95 Å². The highest BCUT2D eigenvalue weighted by molar-refractivity contribution is 7.71. The number of hydrogen-bond acceptors (Lipinski definition) is 3. The summed E-state index contributed by atoms with van der Waals surface area (Å²) < 4.78 is 0.737. The average Bonchev–Trinajstić information content (AvgIpc) is 3.13. The van der Waals surface area contributed by atoms with Crippen LogP contribution in [-0.4, -0.2) is 23.1 Å². The predicted octanol–water partition coefficient (Wildman–Crippen LogP) is 3.01. The number of anilines is 1. The largest absolute Gasteiger partial charge is 0.342 e. The molecular weight excluding hydrogens is 218 g/mol. The van der Waals surface area contributed by atoms with Gasteiger partial charge in [0.1, 0.15) is 4.64 Å². The second-order valence-electron chi connectivity index (χ2n) is 4.82. The lowest BCUT2D eigenvalue weighted by Gasteiger charge is -2.27. The van der Waals surface area contributed by atoms with Crippen LogP contribution in [0.15, 0.2) is 6.07 Å². The van der Waals surface area contributed by atoms with Gasteiger partial charge in [-0.15, -0.1) is 0 Å². The summed E-state index contributed by atoms with van der Waals surface area (Å²) in [7, 11) is 0. The SMILES string of the molecule is S=c1cc(C2CC2)[nH]c(N2CCCCC2)n1. The normalized spacial score (nSPS) is 21.1. The molecule has 2 aliphatic rings. The Labute approximate surface area is 101 Å². The molecule has 1 N–H and O–H groups in total. The first-order chi connectivity index (χ1) is 7.83. The molecule has 1 saturated carbocycles. The van der Waals surface area contributed by atoms with Crippen LogP contribution in [0.25, 0.3) is 0 Å². The fourth-order valence-electron chi connectivity index (χ4n) is 2.33. The molecule has 3 nitrogen and oxygen atoms in total. The van der Waals surface area contributed by atoms with Gasteiger partial charge in [0.05, 0.1) is 0 Å². The zero-order valence-corrected chi connectivity index (χ0v) is 10.2. The van der Waals surface area contributed by atoms with E-state index in [1.54, 1.807) is 0 Å². The number of piperidine rings is 1. The van der Waals surface area contributed by atoms with E-state index in [0.717, 1.165) is 23.7 Å². The quantitative estimate of drug-likeness (QED) is 0.800. The van der Waals surface area contributed by atoms with Crippen molar-refractivity contribution in [1.82, 2.24) is 9.97 Å². The van der Waals surface area contributed by atoms with Crippen molar-refractivity contribution in [3.05, 3.63) is 16.4 Å². The maximum absolute atomic E-state index is 5.25. The first-order valence-electron chi connectivity index (χ1n) is 6.19. The molecule has 2 fully saturated rings. The predicted molar refractivity (Wildman–Crippen MR) is 67.5 cm³/mol. The van der Waals surface area contributed by atoms with Crippen LogP contribution >= 0.6 is 12.2 Å². The zero-order valence-electron chi connectivity index (χ0n) is 9.41. The van der Waals surface area contributed by atoms with Crippen molar-refractivity contribution >= 4 is 18.2 Å². The topological polar surface area (TPSA) is 31.9 Å². The Morgan fingerprint density at radius 3 is 2.69 bits per heavy atom. The first-order valence-corrected chi connectivity index (χ1v) is 6.60. The summed E-state index contributed by atoms with van der Waals surface area (Å²) in [5.74, 6) is 1.71. The fourth-order valence-corrected chi connectivity index (χ4v) is 2.55. The minimum Gasteiger partial charge on any atom is -0.342 e. The molecule has 0 atom stereocenters. The lowest BCUT2D eigenvalue weighted by Crippen LogP contribution is -2.31. The summed E-state index contributed by atoms with van der Waals surface area (Å²) in [6.45, 7) is 2.23. The Bertz CT molecular complexity index is 430. The number of nitrogens with one attached hydrogen (secondary N) is 1. The van der Waals surface area contributed by atoms with Gasteiger partial charge >= 0.3 is 0 Å².